The fourth-order valence-electron chi connectivity index (χ4n) is 2.96. The molecule has 7 heteroatoms. The molecule has 0 radical (unpaired) electrons. The summed E-state index contributed by atoms with van der Waals surface area (Å²) in [5, 5.41) is 8.93. The molecule has 2 unspecified atom stereocenters. The topological polar surface area (TPSA) is 91.3 Å². The van der Waals surface area contributed by atoms with E-state index in [1.165, 1.54) is 7.11 Å². The Morgan fingerprint density at radius 1 is 1.30 bits per heavy atom. The van der Waals surface area contributed by atoms with Gasteiger partial charge in [0.15, 0.2) is 6.29 Å². The van der Waals surface area contributed by atoms with Crippen molar-refractivity contribution < 1.29 is 33.6 Å². The second-order valence-electron chi connectivity index (χ2n) is 6.50. The first-order chi connectivity index (χ1) is 13.1. The Kier molecular flexibility index (Phi) is 9.07. The first kappa shape index (κ1) is 21.2. The molecule has 0 amide bonds. The second kappa shape index (κ2) is 11.6. The summed E-state index contributed by atoms with van der Waals surface area (Å²) >= 11 is 0. The summed E-state index contributed by atoms with van der Waals surface area (Å²) in [6.07, 6.45) is 4.68. The van der Waals surface area contributed by atoms with Crippen LogP contribution in [-0.2, 0) is 23.8 Å². The third-order valence-electron chi connectivity index (χ3n) is 4.37. The molecule has 2 atom stereocenters. The zero-order valence-electron chi connectivity index (χ0n) is 15.7. The number of esters is 1. The van der Waals surface area contributed by atoms with Crippen molar-refractivity contribution in [3.8, 4) is 5.75 Å². The van der Waals surface area contributed by atoms with Gasteiger partial charge in [-0.3, -0.25) is 4.79 Å². The lowest BCUT2D eigenvalue weighted by Gasteiger charge is -2.24. The van der Waals surface area contributed by atoms with Gasteiger partial charge in [0.2, 0.25) is 0 Å². The predicted octanol–water partition coefficient (Wildman–Crippen LogP) is 3.47. The van der Waals surface area contributed by atoms with E-state index in [1.807, 2.05) is 24.3 Å². The molecule has 1 aliphatic heterocycles. The summed E-state index contributed by atoms with van der Waals surface area (Å²) in [7, 11) is 1.36. The number of hydrogen-bond acceptors (Lipinski definition) is 6. The predicted molar refractivity (Wildman–Crippen MR) is 97.5 cm³/mol. The Morgan fingerprint density at radius 3 is 2.85 bits per heavy atom. The lowest BCUT2D eigenvalue weighted by atomic mass is 10.0. The van der Waals surface area contributed by atoms with Crippen LogP contribution in [0, 0.1) is 0 Å². The summed E-state index contributed by atoms with van der Waals surface area (Å²) in [4.78, 5) is 22.1. The first-order valence-corrected chi connectivity index (χ1v) is 9.37. The van der Waals surface area contributed by atoms with Crippen LogP contribution in [0.1, 0.15) is 56.6 Å². The molecule has 0 aromatic heterocycles. The highest BCUT2D eigenvalue weighted by Gasteiger charge is 2.18. The van der Waals surface area contributed by atoms with Crippen molar-refractivity contribution in [1.29, 1.82) is 0 Å². The highest BCUT2D eigenvalue weighted by atomic mass is 16.7. The van der Waals surface area contributed by atoms with E-state index in [-0.39, 0.29) is 25.0 Å². The van der Waals surface area contributed by atoms with Crippen LogP contribution >= 0.6 is 0 Å². The van der Waals surface area contributed by atoms with Gasteiger partial charge in [-0.15, -0.1) is 0 Å². The van der Waals surface area contributed by atoms with Crippen molar-refractivity contribution in [1.82, 2.24) is 0 Å². The molecular weight excluding hydrogens is 352 g/mol. The highest BCUT2D eigenvalue weighted by molar-refractivity contribution is 5.69. The second-order valence-corrected chi connectivity index (χ2v) is 6.50. The normalized spacial score (nSPS) is 17.9. The van der Waals surface area contributed by atoms with E-state index in [0.29, 0.717) is 31.6 Å². The van der Waals surface area contributed by atoms with E-state index in [0.717, 1.165) is 31.2 Å². The standard InChI is InChI=1S/C20H28O7/c1-24-19(23)10-3-2-9-17(26-14-18(21)22)15-7-6-8-16(13-15)27-20-11-4-5-12-25-20/h6-8,13,17,20H,2-5,9-12,14H2,1H3,(H,21,22). The van der Waals surface area contributed by atoms with Crippen LogP contribution in [0.15, 0.2) is 24.3 Å². The molecule has 1 aliphatic rings. The molecule has 27 heavy (non-hydrogen) atoms. The molecule has 0 aliphatic carbocycles. The van der Waals surface area contributed by atoms with E-state index in [1.54, 1.807) is 0 Å². The van der Waals surface area contributed by atoms with Crippen LogP contribution in [0.3, 0.4) is 0 Å². The number of unbranched alkanes of at least 4 members (excludes halogenated alkanes) is 1. The fourth-order valence-corrected chi connectivity index (χ4v) is 2.96. The number of methoxy groups -OCH3 is 1. The quantitative estimate of drug-likeness (QED) is 0.464. The fraction of sp³-hybridized carbons (Fsp3) is 0.600. The molecule has 1 fully saturated rings. The average molecular weight is 380 g/mol. The molecule has 2 rings (SSSR count). The molecular formula is C20H28O7. The number of ether oxygens (including phenoxy) is 4. The minimum absolute atomic E-state index is 0.243. The monoisotopic (exact) mass is 380 g/mol. The third kappa shape index (κ3) is 7.97. The van der Waals surface area contributed by atoms with E-state index < -0.39 is 5.97 Å². The van der Waals surface area contributed by atoms with Gasteiger partial charge in [0.25, 0.3) is 0 Å². The zero-order chi connectivity index (χ0) is 19.5. The van der Waals surface area contributed by atoms with E-state index in [2.05, 4.69) is 4.74 Å². The number of carboxylic acids is 1. The molecule has 1 aromatic carbocycles. The summed E-state index contributed by atoms with van der Waals surface area (Å²) in [6.45, 7) is 0.327. The Bertz CT molecular complexity index is 596. The lowest BCUT2D eigenvalue weighted by molar-refractivity contribution is -0.144. The number of rotatable bonds is 11. The van der Waals surface area contributed by atoms with E-state index in [4.69, 9.17) is 19.3 Å². The van der Waals surface area contributed by atoms with Crippen LogP contribution in [0.25, 0.3) is 0 Å². The molecule has 0 saturated carbocycles. The molecule has 1 heterocycles. The largest absolute Gasteiger partial charge is 0.480 e. The number of hydrogen-bond donors (Lipinski definition) is 1. The maximum absolute atomic E-state index is 11.2. The van der Waals surface area contributed by atoms with Crippen molar-refractivity contribution in [2.75, 3.05) is 20.3 Å². The Hall–Kier alpha value is -2.12. The van der Waals surface area contributed by atoms with Gasteiger partial charge in [-0.1, -0.05) is 12.1 Å². The summed E-state index contributed by atoms with van der Waals surface area (Å²) < 4.78 is 21.7. The molecule has 1 saturated heterocycles. The van der Waals surface area contributed by atoms with Gasteiger partial charge in [-0.05, 0) is 49.8 Å². The molecule has 0 bridgehead atoms. The van der Waals surface area contributed by atoms with Crippen LogP contribution in [0.5, 0.6) is 5.75 Å². The van der Waals surface area contributed by atoms with Crippen LogP contribution < -0.4 is 4.74 Å². The minimum atomic E-state index is -1.02. The van der Waals surface area contributed by atoms with Crippen molar-refractivity contribution in [2.45, 2.75) is 57.3 Å². The Morgan fingerprint density at radius 2 is 2.15 bits per heavy atom. The first-order valence-electron chi connectivity index (χ1n) is 9.37. The molecule has 0 spiro atoms. The molecule has 1 aromatic rings. The highest BCUT2D eigenvalue weighted by Crippen LogP contribution is 2.28. The molecule has 150 valence electrons. The average Bonchev–Trinajstić information content (AvgIpc) is 2.68. The number of carboxylic acid groups (broad SMARTS) is 1. The van der Waals surface area contributed by atoms with Gasteiger partial charge in [0.1, 0.15) is 12.4 Å². The van der Waals surface area contributed by atoms with Crippen molar-refractivity contribution in [2.24, 2.45) is 0 Å². The smallest absolute Gasteiger partial charge is 0.329 e. The van der Waals surface area contributed by atoms with Crippen molar-refractivity contribution >= 4 is 11.9 Å². The maximum Gasteiger partial charge on any atom is 0.329 e. The number of carbonyl (C=O) groups excluding carboxylic acids is 1. The number of aliphatic carboxylic acids is 1. The molecule has 7 nitrogen and oxygen atoms in total. The van der Waals surface area contributed by atoms with Gasteiger partial charge in [-0.25, -0.2) is 4.79 Å². The van der Waals surface area contributed by atoms with Gasteiger partial charge in [0.05, 0.1) is 19.8 Å². The maximum atomic E-state index is 11.2. The Labute approximate surface area is 159 Å². The minimum Gasteiger partial charge on any atom is -0.480 e. The van der Waals surface area contributed by atoms with Crippen molar-refractivity contribution in [3.63, 3.8) is 0 Å². The van der Waals surface area contributed by atoms with Gasteiger partial charge in [0, 0.05) is 12.8 Å². The van der Waals surface area contributed by atoms with Crippen LogP contribution in [0.2, 0.25) is 0 Å². The summed E-state index contributed by atoms with van der Waals surface area (Å²) in [5.74, 6) is -0.587. The van der Waals surface area contributed by atoms with E-state index >= 15 is 0 Å². The SMILES string of the molecule is COC(=O)CCCCC(OCC(=O)O)c1cccc(OC2CCCCO2)c1. The molecule has 1 N–H and O–H groups in total. The van der Waals surface area contributed by atoms with Crippen molar-refractivity contribution in [3.05, 3.63) is 29.8 Å². The Balaban J connectivity index is 1.96. The van der Waals surface area contributed by atoms with Gasteiger partial charge >= 0.3 is 11.9 Å². The third-order valence-corrected chi connectivity index (χ3v) is 4.37. The van der Waals surface area contributed by atoms with Crippen LogP contribution in [0.4, 0.5) is 0 Å². The van der Waals surface area contributed by atoms with E-state index in [9.17, 15) is 9.59 Å². The lowest BCUT2D eigenvalue weighted by Crippen LogP contribution is -2.25. The van der Waals surface area contributed by atoms with Gasteiger partial charge in [-0.2, -0.15) is 0 Å². The van der Waals surface area contributed by atoms with Gasteiger partial charge < -0.3 is 24.1 Å². The van der Waals surface area contributed by atoms with Crippen LogP contribution in [-0.4, -0.2) is 43.7 Å². The number of carbonyl (C=O) groups is 2. The summed E-state index contributed by atoms with van der Waals surface area (Å²) in [6, 6.07) is 7.47. The summed E-state index contributed by atoms with van der Waals surface area (Å²) in [5.41, 5.74) is 0.850. The zero-order valence-corrected chi connectivity index (χ0v) is 15.7. The number of benzene rings is 1.